The molecular weight excluding hydrogens is 290 g/mol. The van der Waals surface area contributed by atoms with E-state index in [2.05, 4.69) is 15.3 Å². The van der Waals surface area contributed by atoms with Crippen molar-refractivity contribution in [3.63, 3.8) is 0 Å². The number of hydrogen-bond donors (Lipinski definition) is 2. The van der Waals surface area contributed by atoms with Crippen molar-refractivity contribution < 1.29 is 9.90 Å². The molecule has 0 radical (unpaired) electrons. The van der Waals surface area contributed by atoms with E-state index in [1.807, 2.05) is 25.1 Å². The first kappa shape index (κ1) is 14.7. The summed E-state index contributed by atoms with van der Waals surface area (Å²) in [4.78, 5) is 20.6. The highest BCUT2D eigenvalue weighted by molar-refractivity contribution is 6.02. The molecular formula is C18H15N3O2. The van der Waals surface area contributed by atoms with Gasteiger partial charge in [-0.1, -0.05) is 24.3 Å². The van der Waals surface area contributed by atoms with Gasteiger partial charge in [0.2, 0.25) is 0 Å². The van der Waals surface area contributed by atoms with Crippen molar-refractivity contribution in [3.05, 3.63) is 72.2 Å². The summed E-state index contributed by atoms with van der Waals surface area (Å²) >= 11 is 0. The standard InChI is InChI=1S/C18H15N3O2/c1-12-3-2-4-17(20-12)21-18(23)16-10-7-14(11-19-16)13-5-8-15(22)9-6-13/h2-11,22H,1H3,(H,20,21,23). The van der Waals surface area contributed by atoms with Gasteiger partial charge in [-0.25, -0.2) is 4.98 Å². The molecule has 0 aliphatic carbocycles. The summed E-state index contributed by atoms with van der Waals surface area (Å²) in [7, 11) is 0. The monoisotopic (exact) mass is 305 g/mol. The van der Waals surface area contributed by atoms with Crippen LogP contribution in [0.4, 0.5) is 5.82 Å². The topological polar surface area (TPSA) is 75.1 Å². The Kier molecular flexibility index (Phi) is 4.01. The molecule has 2 N–H and O–H groups in total. The summed E-state index contributed by atoms with van der Waals surface area (Å²) in [6, 6.07) is 15.7. The van der Waals surface area contributed by atoms with E-state index in [1.54, 1.807) is 42.6 Å². The predicted molar refractivity (Wildman–Crippen MR) is 88.3 cm³/mol. The van der Waals surface area contributed by atoms with Crippen LogP contribution >= 0.6 is 0 Å². The summed E-state index contributed by atoms with van der Waals surface area (Å²) in [6.45, 7) is 1.86. The predicted octanol–water partition coefficient (Wildman–Crippen LogP) is 3.41. The van der Waals surface area contributed by atoms with Crippen LogP contribution in [0.5, 0.6) is 5.75 Å². The van der Waals surface area contributed by atoms with Gasteiger partial charge in [-0.15, -0.1) is 0 Å². The van der Waals surface area contributed by atoms with Crippen LogP contribution in [0.15, 0.2) is 60.8 Å². The minimum absolute atomic E-state index is 0.211. The maximum atomic E-state index is 12.2. The van der Waals surface area contributed by atoms with Gasteiger partial charge in [-0.3, -0.25) is 9.78 Å². The minimum atomic E-state index is -0.305. The van der Waals surface area contributed by atoms with Crippen molar-refractivity contribution >= 4 is 11.7 Å². The number of aromatic hydroxyl groups is 1. The molecule has 0 saturated carbocycles. The normalized spacial score (nSPS) is 10.3. The fraction of sp³-hybridized carbons (Fsp3) is 0.0556. The van der Waals surface area contributed by atoms with Crippen LogP contribution in [0, 0.1) is 6.92 Å². The van der Waals surface area contributed by atoms with Crippen molar-refractivity contribution in [2.24, 2.45) is 0 Å². The Balaban J connectivity index is 1.76. The van der Waals surface area contributed by atoms with Crippen LogP contribution < -0.4 is 5.32 Å². The fourth-order valence-electron chi connectivity index (χ4n) is 2.15. The van der Waals surface area contributed by atoms with Crippen molar-refractivity contribution in [3.8, 4) is 16.9 Å². The summed E-state index contributed by atoms with van der Waals surface area (Å²) in [5, 5.41) is 12.0. The molecule has 1 aromatic carbocycles. The zero-order valence-corrected chi connectivity index (χ0v) is 12.5. The van der Waals surface area contributed by atoms with Gasteiger partial charge in [0.1, 0.15) is 17.3 Å². The van der Waals surface area contributed by atoms with Crippen molar-refractivity contribution in [1.29, 1.82) is 0 Å². The molecule has 2 aromatic heterocycles. The number of nitrogens with one attached hydrogen (secondary N) is 1. The number of amides is 1. The third-order valence-electron chi connectivity index (χ3n) is 3.33. The minimum Gasteiger partial charge on any atom is -0.508 e. The third kappa shape index (κ3) is 3.52. The Morgan fingerprint density at radius 3 is 2.39 bits per heavy atom. The molecule has 0 aliphatic rings. The highest BCUT2D eigenvalue weighted by atomic mass is 16.3. The zero-order chi connectivity index (χ0) is 16.2. The molecule has 2 heterocycles. The summed E-state index contributed by atoms with van der Waals surface area (Å²) in [5.41, 5.74) is 2.94. The number of nitrogens with zero attached hydrogens (tertiary/aromatic N) is 2. The molecule has 0 fully saturated rings. The summed E-state index contributed by atoms with van der Waals surface area (Å²) in [6.07, 6.45) is 1.63. The number of aromatic nitrogens is 2. The molecule has 114 valence electrons. The number of aryl methyl sites for hydroxylation is 1. The van der Waals surface area contributed by atoms with Crippen LogP contribution in [-0.4, -0.2) is 21.0 Å². The average Bonchev–Trinajstić information content (AvgIpc) is 2.56. The molecule has 23 heavy (non-hydrogen) atoms. The molecule has 3 aromatic rings. The van der Waals surface area contributed by atoms with E-state index in [9.17, 15) is 9.90 Å². The van der Waals surface area contributed by atoms with Crippen LogP contribution in [0.3, 0.4) is 0 Å². The second-order valence-electron chi connectivity index (χ2n) is 5.10. The average molecular weight is 305 g/mol. The lowest BCUT2D eigenvalue weighted by atomic mass is 10.1. The van der Waals surface area contributed by atoms with Gasteiger partial charge in [-0.2, -0.15) is 0 Å². The number of phenolic OH excluding ortho intramolecular Hbond substituents is 1. The SMILES string of the molecule is Cc1cccc(NC(=O)c2ccc(-c3ccc(O)cc3)cn2)n1. The van der Waals surface area contributed by atoms with E-state index in [0.717, 1.165) is 16.8 Å². The maximum Gasteiger partial charge on any atom is 0.275 e. The number of pyridine rings is 2. The maximum absolute atomic E-state index is 12.2. The van der Waals surface area contributed by atoms with Gasteiger partial charge in [0, 0.05) is 17.5 Å². The summed E-state index contributed by atoms with van der Waals surface area (Å²) in [5.74, 6) is 0.406. The van der Waals surface area contributed by atoms with E-state index in [1.165, 1.54) is 0 Å². The number of carbonyl (C=O) groups is 1. The Bertz CT molecular complexity index is 828. The van der Waals surface area contributed by atoms with Crippen molar-refractivity contribution in [2.75, 3.05) is 5.32 Å². The van der Waals surface area contributed by atoms with E-state index in [0.29, 0.717) is 11.5 Å². The van der Waals surface area contributed by atoms with E-state index in [4.69, 9.17) is 0 Å². The first-order valence-electron chi connectivity index (χ1n) is 7.12. The van der Waals surface area contributed by atoms with Crippen molar-refractivity contribution in [2.45, 2.75) is 6.92 Å². The lowest BCUT2D eigenvalue weighted by Gasteiger charge is -2.06. The Hall–Kier alpha value is -3.21. The Morgan fingerprint density at radius 1 is 1.00 bits per heavy atom. The highest BCUT2D eigenvalue weighted by Gasteiger charge is 2.09. The van der Waals surface area contributed by atoms with Gasteiger partial charge in [0.15, 0.2) is 0 Å². The van der Waals surface area contributed by atoms with Gasteiger partial charge in [0.05, 0.1) is 0 Å². The number of carbonyl (C=O) groups excluding carboxylic acids is 1. The number of benzene rings is 1. The number of hydrogen-bond acceptors (Lipinski definition) is 4. The molecule has 0 spiro atoms. The molecule has 0 bridgehead atoms. The molecule has 0 atom stereocenters. The lowest BCUT2D eigenvalue weighted by molar-refractivity contribution is 0.102. The number of anilines is 1. The third-order valence-corrected chi connectivity index (χ3v) is 3.33. The van der Waals surface area contributed by atoms with Gasteiger partial charge >= 0.3 is 0 Å². The van der Waals surface area contributed by atoms with Crippen molar-refractivity contribution in [1.82, 2.24) is 9.97 Å². The molecule has 0 saturated heterocycles. The molecule has 0 aliphatic heterocycles. The van der Waals surface area contributed by atoms with Crippen LogP contribution in [-0.2, 0) is 0 Å². The molecule has 5 heteroatoms. The fourth-order valence-corrected chi connectivity index (χ4v) is 2.15. The second kappa shape index (κ2) is 6.27. The summed E-state index contributed by atoms with van der Waals surface area (Å²) < 4.78 is 0. The number of phenols is 1. The Labute approximate surface area is 133 Å². The van der Waals surface area contributed by atoms with E-state index in [-0.39, 0.29) is 11.7 Å². The smallest absolute Gasteiger partial charge is 0.275 e. The molecule has 3 rings (SSSR count). The second-order valence-corrected chi connectivity index (χ2v) is 5.10. The zero-order valence-electron chi connectivity index (χ0n) is 12.5. The highest BCUT2D eigenvalue weighted by Crippen LogP contribution is 2.21. The van der Waals surface area contributed by atoms with Crippen LogP contribution in [0.1, 0.15) is 16.2 Å². The van der Waals surface area contributed by atoms with E-state index >= 15 is 0 Å². The first-order chi connectivity index (χ1) is 11.1. The number of rotatable bonds is 3. The molecule has 5 nitrogen and oxygen atoms in total. The largest absolute Gasteiger partial charge is 0.508 e. The Morgan fingerprint density at radius 2 is 1.74 bits per heavy atom. The molecule has 1 amide bonds. The van der Waals surface area contributed by atoms with Gasteiger partial charge in [0.25, 0.3) is 5.91 Å². The quantitative estimate of drug-likeness (QED) is 0.777. The van der Waals surface area contributed by atoms with E-state index < -0.39 is 0 Å². The van der Waals surface area contributed by atoms with Crippen LogP contribution in [0.25, 0.3) is 11.1 Å². The van der Waals surface area contributed by atoms with Gasteiger partial charge < -0.3 is 10.4 Å². The van der Waals surface area contributed by atoms with Crippen LogP contribution in [0.2, 0.25) is 0 Å². The van der Waals surface area contributed by atoms with Gasteiger partial charge in [-0.05, 0) is 42.8 Å². The molecule has 0 unspecified atom stereocenters. The first-order valence-corrected chi connectivity index (χ1v) is 7.12. The lowest BCUT2D eigenvalue weighted by Crippen LogP contribution is -2.14.